The zero-order valence-electron chi connectivity index (χ0n) is 7.57. The molecule has 0 N–H and O–H groups in total. The maximum Gasteiger partial charge on any atom is 0.0288 e. The van der Waals surface area contributed by atoms with E-state index in [0.29, 0.717) is 0 Å². The second-order valence-electron chi connectivity index (χ2n) is 2.83. The summed E-state index contributed by atoms with van der Waals surface area (Å²) in [5.41, 5.74) is 1.29. The van der Waals surface area contributed by atoms with E-state index in [2.05, 4.69) is 17.2 Å². The van der Waals surface area contributed by atoms with Gasteiger partial charge in [-0.25, -0.2) is 0 Å². The third-order valence-electron chi connectivity index (χ3n) is 1.48. The molecule has 0 fully saturated rings. The minimum Gasteiger partial charge on any atom is -0.303 e. The van der Waals surface area contributed by atoms with Crippen molar-refractivity contribution in [3.63, 3.8) is 0 Å². The van der Waals surface area contributed by atoms with E-state index in [4.69, 9.17) is 0 Å². The molecule has 1 aromatic carbocycles. The van der Waals surface area contributed by atoms with Crippen LogP contribution in [-0.4, -0.2) is 25.3 Å². The molecule has 0 bridgehead atoms. The average molecular weight is 162 g/mol. The van der Waals surface area contributed by atoms with Gasteiger partial charge in [-0.15, -0.1) is 0 Å². The molecule has 64 valence electrons. The third-order valence-corrected chi connectivity index (χ3v) is 1.48. The standard InChI is InChI=1S/C10H14N2/c1-12(2)11-9-8-10-6-4-3-5-7-10/h3-7,9H,8H2,1-2H3. The van der Waals surface area contributed by atoms with Gasteiger partial charge in [0, 0.05) is 26.7 Å². The van der Waals surface area contributed by atoms with Crippen LogP contribution in [-0.2, 0) is 6.42 Å². The van der Waals surface area contributed by atoms with Crippen molar-refractivity contribution < 1.29 is 0 Å². The van der Waals surface area contributed by atoms with Crippen LogP contribution in [0, 0.1) is 0 Å². The molecule has 0 aliphatic rings. The van der Waals surface area contributed by atoms with Gasteiger partial charge in [-0.3, -0.25) is 0 Å². The third kappa shape index (κ3) is 3.19. The predicted molar refractivity (Wildman–Crippen MR) is 52.3 cm³/mol. The summed E-state index contributed by atoms with van der Waals surface area (Å²) in [5.74, 6) is 0. The van der Waals surface area contributed by atoms with Crippen molar-refractivity contribution in [2.75, 3.05) is 14.1 Å². The summed E-state index contributed by atoms with van der Waals surface area (Å²) in [6.07, 6.45) is 2.81. The number of hydrogen-bond donors (Lipinski definition) is 0. The van der Waals surface area contributed by atoms with E-state index in [1.54, 1.807) is 5.01 Å². The van der Waals surface area contributed by atoms with Crippen molar-refractivity contribution in [3.05, 3.63) is 35.9 Å². The normalized spacial score (nSPS) is 10.5. The molecule has 12 heavy (non-hydrogen) atoms. The summed E-state index contributed by atoms with van der Waals surface area (Å²) in [7, 11) is 3.84. The van der Waals surface area contributed by atoms with Crippen molar-refractivity contribution in [1.82, 2.24) is 5.01 Å². The van der Waals surface area contributed by atoms with Crippen LogP contribution in [0.3, 0.4) is 0 Å². The molecule has 0 unspecified atom stereocenters. The Morgan fingerprint density at radius 1 is 1.25 bits per heavy atom. The number of nitrogens with zero attached hydrogens (tertiary/aromatic N) is 2. The van der Waals surface area contributed by atoms with Gasteiger partial charge in [0.25, 0.3) is 0 Å². The molecule has 0 saturated carbocycles. The van der Waals surface area contributed by atoms with Crippen LogP contribution >= 0.6 is 0 Å². The first kappa shape index (κ1) is 8.78. The summed E-state index contributed by atoms with van der Waals surface area (Å²) in [5, 5.41) is 5.92. The van der Waals surface area contributed by atoms with Gasteiger partial charge in [0.2, 0.25) is 0 Å². The fourth-order valence-corrected chi connectivity index (χ4v) is 0.924. The lowest BCUT2D eigenvalue weighted by Gasteiger charge is -2.01. The van der Waals surface area contributed by atoms with Crippen LogP contribution in [0.1, 0.15) is 5.56 Å². The summed E-state index contributed by atoms with van der Waals surface area (Å²) in [4.78, 5) is 0. The SMILES string of the molecule is CN(C)N=CCc1ccccc1. The molecule has 0 amide bonds. The van der Waals surface area contributed by atoms with E-state index in [-0.39, 0.29) is 0 Å². The quantitative estimate of drug-likeness (QED) is 0.488. The van der Waals surface area contributed by atoms with Crippen molar-refractivity contribution in [3.8, 4) is 0 Å². The lowest BCUT2D eigenvalue weighted by atomic mass is 10.2. The first-order chi connectivity index (χ1) is 5.79. The Morgan fingerprint density at radius 2 is 1.92 bits per heavy atom. The monoisotopic (exact) mass is 162 g/mol. The molecule has 0 radical (unpaired) electrons. The van der Waals surface area contributed by atoms with E-state index in [9.17, 15) is 0 Å². The Kier molecular flexibility index (Phi) is 3.33. The van der Waals surface area contributed by atoms with Crippen molar-refractivity contribution in [1.29, 1.82) is 0 Å². The van der Waals surface area contributed by atoms with Crippen LogP contribution in [0.2, 0.25) is 0 Å². The summed E-state index contributed by atoms with van der Waals surface area (Å²) >= 11 is 0. The highest BCUT2D eigenvalue weighted by Gasteiger charge is 1.85. The fourth-order valence-electron chi connectivity index (χ4n) is 0.924. The van der Waals surface area contributed by atoms with Gasteiger partial charge in [-0.05, 0) is 5.56 Å². The first-order valence-electron chi connectivity index (χ1n) is 4.03. The molecular weight excluding hydrogens is 148 g/mol. The minimum absolute atomic E-state index is 0.902. The molecule has 1 aromatic rings. The summed E-state index contributed by atoms with van der Waals surface area (Å²) in [6, 6.07) is 10.3. The zero-order valence-corrected chi connectivity index (χ0v) is 7.57. The van der Waals surface area contributed by atoms with E-state index in [1.807, 2.05) is 38.5 Å². The maximum atomic E-state index is 4.13. The largest absolute Gasteiger partial charge is 0.303 e. The van der Waals surface area contributed by atoms with Gasteiger partial charge in [0.1, 0.15) is 0 Å². The zero-order chi connectivity index (χ0) is 8.81. The molecule has 0 aliphatic heterocycles. The molecule has 1 rings (SSSR count). The van der Waals surface area contributed by atoms with E-state index >= 15 is 0 Å². The Labute approximate surface area is 73.5 Å². The number of hydrazone groups is 1. The highest BCUT2D eigenvalue weighted by molar-refractivity contribution is 5.60. The second-order valence-corrected chi connectivity index (χ2v) is 2.83. The molecule has 0 heterocycles. The number of benzene rings is 1. The molecular formula is C10H14N2. The van der Waals surface area contributed by atoms with E-state index in [1.165, 1.54) is 5.56 Å². The second kappa shape index (κ2) is 4.54. The lowest BCUT2D eigenvalue weighted by molar-refractivity contribution is 0.439. The Hall–Kier alpha value is -1.31. The van der Waals surface area contributed by atoms with Crippen molar-refractivity contribution in [2.45, 2.75) is 6.42 Å². The van der Waals surface area contributed by atoms with Gasteiger partial charge in [-0.1, -0.05) is 30.3 Å². The van der Waals surface area contributed by atoms with Crippen LogP contribution in [0.15, 0.2) is 35.4 Å². The molecule has 0 spiro atoms. The molecule has 2 nitrogen and oxygen atoms in total. The molecule has 0 saturated heterocycles. The van der Waals surface area contributed by atoms with Gasteiger partial charge in [0.05, 0.1) is 0 Å². The van der Waals surface area contributed by atoms with Crippen LogP contribution < -0.4 is 0 Å². The van der Waals surface area contributed by atoms with Gasteiger partial charge < -0.3 is 5.01 Å². The van der Waals surface area contributed by atoms with Gasteiger partial charge in [-0.2, -0.15) is 5.10 Å². The minimum atomic E-state index is 0.902. The molecule has 2 heteroatoms. The van der Waals surface area contributed by atoms with Crippen LogP contribution in [0.4, 0.5) is 0 Å². The highest BCUT2D eigenvalue weighted by Crippen LogP contribution is 1.97. The first-order valence-corrected chi connectivity index (χ1v) is 4.03. The summed E-state index contributed by atoms with van der Waals surface area (Å²) < 4.78 is 0. The topological polar surface area (TPSA) is 15.6 Å². The van der Waals surface area contributed by atoms with Crippen molar-refractivity contribution in [2.24, 2.45) is 5.10 Å². The Bertz CT molecular complexity index is 239. The van der Waals surface area contributed by atoms with E-state index in [0.717, 1.165) is 6.42 Å². The fraction of sp³-hybridized carbons (Fsp3) is 0.300. The van der Waals surface area contributed by atoms with Crippen LogP contribution in [0.25, 0.3) is 0 Å². The summed E-state index contributed by atoms with van der Waals surface area (Å²) in [6.45, 7) is 0. The van der Waals surface area contributed by atoms with Gasteiger partial charge in [0.15, 0.2) is 0 Å². The highest BCUT2D eigenvalue weighted by atomic mass is 15.4. The van der Waals surface area contributed by atoms with Crippen LogP contribution in [0.5, 0.6) is 0 Å². The molecule has 0 aromatic heterocycles. The Morgan fingerprint density at radius 3 is 2.50 bits per heavy atom. The lowest BCUT2D eigenvalue weighted by Crippen LogP contribution is -2.02. The number of hydrogen-bond acceptors (Lipinski definition) is 2. The Balaban J connectivity index is 2.43. The molecule has 0 aliphatic carbocycles. The van der Waals surface area contributed by atoms with E-state index < -0.39 is 0 Å². The predicted octanol–water partition coefficient (Wildman–Crippen LogP) is 1.78. The maximum absolute atomic E-state index is 4.13. The number of rotatable bonds is 3. The molecule has 0 atom stereocenters. The average Bonchev–Trinajstić information content (AvgIpc) is 2.05. The smallest absolute Gasteiger partial charge is 0.0288 e. The van der Waals surface area contributed by atoms with Gasteiger partial charge >= 0.3 is 0 Å². The van der Waals surface area contributed by atoms with Crippen molar-refractivity contribution >= 4 is 6.21 Å².